The van der Waals surface area contributed by atoms with Crippen LogP contribution in [-0.4, -0.2) is 33.5 Å². The van der Waals surface area contributed by atoms with Crippen LogP contribution in [0.15, 0.2) is 18.2 Å². The molecule has 0 bridgehead atoms. The average Bonchev–Trinajstić information content (AvgIpc) is 2.63. The van der Waals surface area contributed by atoms with E-state index in [1.54, 1.807) is 13.8 Å². The zero-order chi connectivity index (χ0) is 15.8. The highest BCUT2D eigenvalue weighted by Crippen LogP contribution is 2.23. The van der Waals surface area contributed by atoms with Crippen molar-refractivity contribution in [3.05, 3.63) is 35.1 Å². The highest BCUT2D eigenvalue weighted by atomic mass is 19.1. The number of aromatic carboxylic acids is 1. The van der Waals surface area contributed by atoms with Gasteiger partial charge in [0.15, 0.2) is 0 Å². The smallest absolute Gasteiger partial charge is 0.338 e. The van der Waals surface area contributed by atoms with E-state index >= 15 is 0 Å². The molecule has 1 aromatic carbocycles. The summed E-state index contributed by atoms with van der Waals surface area (Å²) in [7, 11) is 0. The van der Waals surface area contributed by atoms with Crippen LogP contribution >= 0.6 is 0 Å². The topological polar surface area (TPSA) is 86.7 Å². The fraction of sp³-hybridized carbons (Fsp3) is 0.357. The van der Waals surface area contributed by atoms with Crippen LogP contribution in [0, 0.1) is 5.82 Å². The summed E-state index contributed by atoms with van der Waals surface area (Å²) in [5, 5.41) is 11.4. The first-order chi connectivity index (χ1) is 9.78. The van der Waals surface area contributed by atoms with E-state index in [0.29, 0.717) is 12.0 Å². The predicted octanol–water partition coefficient (Wildman–Crippen LogP) is 1.74. The van der Waals surface area contributed by atoms with Crippen LogP contribution in [0.25, 0.3) is 0 Å². The Morgan fingerprint density at radius 2 is 2.10 bits per heavy atom. The standard InChI is InChI=1S/C14H15FN2O4/c1-3-14(2)12(20)17(13(21)16-14)7-8-4-5-9(11(18)19)10(15)6-8/h4-6H,3,7H2,1-2H3,(H,16,21)(H,18,19). The van der Waals surface area contributed by atoms with Crippen LogP contribution < -0.4 is 5.32 Å². The third-order valence-electron chi connectivity index (χ3n) is 3.66. The minimum Gasteiger partial charge on any atom is -0.478 e. The zero-order valence-corrected chi connectivity index (χ0v) is 11.6. The zero-order valence-electron chi connectivity index (χ0n) is 11.6. The monoisotopic (exact) mass is 294 g/mol. The Bertz CT molecular complexity index is 631. The SMILES string of the molecule is CCC1(C)NC(=O)N(Cc2ccc(C(=O)O)c(F)c2)C1=O. The predicted molar refractivity (Wildman–Crippen MR) is 71.1 cm³/mol. The lowest BCUT2D eigenvalue weighted by atomic mass is 9.99. The summed E-state index contributed by atoms with van der Waals surface area (Å²) >= 11 is 0. The number of urea groups is 1. The van der Waals surface area contributed by atoms with Gasteiger partial charge >= 0.3 is 12.0 Å². The fourth-order valence-corrected chi connectivity index (χ4v) is 2.14. The molecule has 1 aliphatic heterocycles. The van der Waals surface area contributed by atoms with Crippen molar-refractivity contribution in [3.8, 4) is 0 Å². The molecule has 1 unspecified atom stereocenters. The Morgan fingerprint density at radius 3 is 2.57 bits per heavy atom. The molecule has 21 heavy (non-hydrogen) atoms. The number of carboxylic acid groups (broad SMARTS) is 1. The van der Waals surface area contributed by atoms with E-state index in [1.807, 2.05) is 0 Å². The molecule has 0 radical (unpaired) electrons. The minimum absolute atomic E-state index is 0.100. The van der Waals surface area contributed by atoms with Gasteiger partial charge in [-0.05, 0) is 31.0 Å². The Morgan fingerprint density at radius 1 is 1.43 bits per heavy atom. The van der Waals surface area contributed by atoms with E-state index in [4.69, 9.17) is 5.11 Å². The number of imide groups is 1. The van der Waals surface area contributed by atoms with Gasteiger partial charge in [-0.15, -0.1) is 0 Å². The van der Waals surface area contributed by atoms with Crippen LogP contribution in [0.2, 0.25) is 0 Å². The van der Waals surface area contributed by atoms with Gasteiger partial charge in [0.1, 0.15) is 11.4 Å². The summed E-state index contributed by atoms with van der Waals surface area (Å²) in [6.07, 6.45) is 0.445. The van der Waals surface area contributed by atoms with Gasteiger partial charge in [0, 0.05) is 0 Å². The largest absolute Gasteiger partial charge is 0.478 e. The number of halogens is 1. The summed E-state index contributed by atoms with van der Waals surface area (Å²) in [5.41, 5.74) is -1.05. The summed E-state index contributed by atoms with van der Waals surface area (Å²) in [6.45, 7) is 3.31. The molecule has 0 spiro atoms. The summed E-state index contributed by atoms with van der Waals surface area (Å²) < 4.78 is 13.6. The summed E-state index contributed by atoms with van der Waals surface area (Å²) in [4.78, 5) is 35.8. The van der Waals surface area contributed by atoms with E-state index in [1.165, 1.54) is 6.07 Å². The normalized spacial score (nSPS) is 21.6. The number of hydrogen-bond donors (Lipinski definition) is 2. The molecule has 6 nitrogen and oxygen atoms in total. The van der Waals surface area contributed by atoms with Crippen LogP contribution in [-0.2, 0) is 11.3 Å². The van der Waals surface area contributed by atoms with Crippen molar-refractivity contribution in [2.24, 2.45) is 0 Å². The Kier molecular flexibility index (Phi) is 3.67. The van der Waals surface area contributed by atoms with Crippen molar-refractivity contribution in [1.29, 1.82) is 0 Å². The molecule has 1 aromatic rings. The molecule has 0 saturated carbocycles. The number of nitrogens with one attached hydrogen (secondary N) is 1. The van der Waals surface area contributed by atoms with E-state index in [9.17, 15) is 18.8 Å². The van der Waals surface area contributed by atoms with Crippen molar-refractivity contribution < 1.29 is 23.9 Å². The number of amides is 3. The molecule has 7 heteroatoms. The van der Waals surface area contributed by atoms with E-state index in [0.717, 1.165) is 17.0 Å². The number of hydrogen-bond acceptors (Lipinski definition) is 3. The van der Waals surface area contributed by atoms with Gasteiger partial charge in [0.05, 0.1) is 12.1 Å². The second-order valence-electron chi connectivity index (χ2n) is 5.13. The first-order valence-electron chi connectivity index (χ1n) is 6.44. The minimum atomic E-state index is -1.37. The molecule has 1 atom stereocenters. The molecule has 112 valence electrons. The van der Waals surface area contributed by atoms with Crippen molar-refractivity contribution in [2.75, 3.05) is 0 Å². The van der Waals surface area contributed by atoms with Crippen LogP contribution in [0.1, 0.15) is 36.2 Å². The van der Waals surface area contributed by atoms with Gasteiger partial charge in [-0.2, -0.15) is 0 Å². The first-order valence-corrected chi connectivity index (χ1v) is 6.44. The van der Waals surface area contributed by atoms with Gasteiger partial charge in [0.2, 0.25) is 0 Å². The summed E-state index contributed by atoms with van der Waals surface area (Å²) in [6, 6.07) is 2.98. The number of carbonyl (C=O) groups is 3. The lowest BCUT2D eigenvalue weighted by molar-refractivity contribution is -0.131. The Balaban J connectivity index is 2.23. The lowest BCUT2D eigenvalue weighted by Gasteiger charge is -2.19. The molecule has 2 N–H and O–H groups in total. The third-order valence-corrected chi connectivity index (χ3v) is 3.66. The van der Waals surface area contributed by atoms with Gasteiger partial charge in [-0.25, -0.2) is 14.0 Å². The van der Waals surface area contributed by atoms with Gasteiger partial charge in [-0.3, -0.25) is 9.69 Å². The maximum absolute atomic E-state index is 13.6. The number of carboxylic acids is 1. The van der Waals surface area contributed by atoms with Gasteiger partial charge in [0.25, 0.3) is 5.91 Å². The van der Waals surface area contributed by atoms with E-state index in [2.05, 4.69) is 5.32 Å². The van der Waals surface area contributed by atoms with Crippen molar-refractivity contribution in [2.45, 2.75) is 32.4 Å². The summed E-state index contributed by atoms with van der Waals surface area (Å²) in [5.74, 6) is -2.64. The van der Waals surface area contributed by atoms with Crippen LogP contribution in [0.3, 0.4) is 0 Å². The second kappa shape index (κ2) is 5.16. The molecule has 3 amide bonds. The quantitative estimate of drug-likeness (QED) is 0.828. The molecule has 0 aliphatic carbocycles. The molecule has 2 rings (SSSR count). The van der Waals surface area contributed by atoms with E-state index in [-0.39, 0.29) is 12.5 Å². The van der Waals surface area contributed by atoms with Gasteiger partial charge < -0.3 is 10.4 Å². The van der Waals surface area contributed by atoms with Crippen molar-refractivity contribution in [1.82, 2.24) is 10.2 Å². The maximum atomic E-state index is 13.6. The number of nitrogens with zero attached hydrogens (tertiary/aromatic N) is 1. The lowest BCUT2D eigenvalue weighted by Crippen LogP contribution is -2.43. The van der Waals surface area contributed by atoms with E-state index < -0.39 is 28.9 Å². The van der Waals surface area contributed by atoms with Crippen molar-refractivity contribution >= 4 is 17.9 Å². The highest BCUT2D eigenvalue weighted by Gasteiger charge is 2.46. The molecule has 1 fully saturated rings. The number of benzene rings is 1. The third kappa shape index (κ3) is 2.58. The molecule has 1 saturated heterocycles. The van der Waals surface area contributed by atoms with Crippen molar-refractivity contribution in [3.63, 3.8) is 0 Å². The fourth-order valence-electron chi connectivity index (χ4n) is 2.14. The van der Waals surface area contributed by atoms with Gasteiger partial charge in [-0.1, -0.05) is 13.0 Å². The molecule has 0 aromatic heterocycles. The molecule has 1 aliphatic rings. The van der Waals surface area contributed by atoms with Crippen LogP contribution in [0.5, 0.6) is 0 Å². The number of rotatable bonds is 4. The first kappa shape index (κ1) is 15.0. The maximum Gasteiger partial charge on any atom is 0.338 e. The molecule has 1 heterocycles. The Hall–Kier alpha value is -2.44. The molecular formula is C14H15FN2O4. The average molecular weight is 294 g/mol. The highest BCUT2D eigenvalue weighted by molar-refractivity contribution is 6.06. The second-order valence-corrected chi connectivity index (χ2v) is 5.13. The van der Waals surface area contributed by atoms with Crippen LogP contribution in [0.4, 0.5) is 9.18 Å². The Labute approximate surface area is 120 Å². The molecular weight excluding hydrogens is 279 g/mol. The number of carbonyl (C=O) groups excluding carboxylic acids is 2.